The van der Waals surface area contributed by atoms with Gasteiger partial charge < -0.3 is 10.2 Å². The van der Waals surface area contributed by atoms with Gasteiger partial charge in [0.2, 0.25) is 11.6 Å². The van der Waals surface area contributed by atoms with E-state index in [2.05, 4.69) is 27.1 Å². The van der Waals surface area contributed by atoms with Gasteiger partial charge in [-0.15, -0.1) is 0 Å². The lowest BCUT2D eigenvalue weighted by Crippen LogP contribution is -2.55. The third-order valence-corrected chi connectivity index (χ3v) is 7.48. The van der Waals surface area contributed by atoms with Crippen LogP contribution in [0.4, 0.5) is 17.3 Å². The van der Waals surface area contributed by atoms with Gasteiger partial charge >= 0.3 is 5.69 Å². The normalized spacial score (nSPS) is 37.4. The SMILES string of the molecule is CC1CCCCN1c1ncnc(NC23CC4CC(CC(C4)C2)C3)c1[N+](=O)[O-]. The maximum Gasteiger partial charge on any atom is 0.353 e. The number of hydrogen-bond acceptors (Lipinski definition) is 6. The van der Waals surface area contributed by atoms with Crippen molar-refractivity contribution in [1.29, 1.82) is 0 Å². The van der Waals surface area contributed by atoms with E-state index in [0.29, 0.717) is 11.6 Å². The van der Waals surface area contributed by atoms with Crippen LogP contribution in [0.5, 0.6) is 0 Å². The van der Waals surface area contributed by atoms with Gasteiger partial charge in [0.05, 0.1) is 4.92 Å². The summed E-state index contributed by atoms with van der Waals surface area (Å²) < 4.78 is 0. The molecular weight excluding hydrogens is 342 g/mol. The molecule has 0 amide bonds. The molecule has 0 aromatic carbocycles. The topological polar surface area (TPSA) is 84.2 Å². The fraction of sp³-hybridized carbons (Fsp3) is 0.800. The zero-order chi connectivity index (χ0) is 18.6. The molecule has 27 heavy (non-hydrogen) atoms. The van der Waals surface area contributed by atoms with Crippen molar-refractivity contribution >= 4 is 17.3 Å². The van der Waals surface area contributed by atoms with Gasteiger partial charge in [-0.05, 0) is 82.5 Å². The first-order valence-corrected chi connectivity index (χ1v) is 10.6. The number of aromatic nitrogens is 2. The highest BCUT2D eigenvalue weighted by atomic mass is 16.6. The van der Waals surface area contributed by atoms with Crippen molar-refractivity contribution in [3.05, 3.63) is 16.4 Å². The van der Waals surface area contributed by atoms with E-state index in [1.54, 1.807) is 0 Å². The summed E-state index contributed by atoms with van der Waals surface area (Å²) in [4.78, 5) is 22.6. The fourth-order valence-corrected chi connectivity index (χ4v) is 6.77. The van der Waals surface area contributed by atoms with Crippen molar-refractivity contribution in [2.45, 2.75) is 76.3 Å². The van der Waals surface area contributed by atoms with Crippen molar-refractivity contribution in [1.82, 2.24) is 9.97 Å². The second-order valence-electron chi connectivity index (χ2n) is 9.51. The molecular formula is C20H29N5O2. The minimum Gasteiger partial charge on any atom is -0.359 e. The predicted molar refractivity (Wildman–Crippen MR) is 104 cm³/mol. The zero-order valence-corrected chi connectivity index (χ0v) is 16.1. The first kappa shape index (κ1) is 17.2. The molecule has 1 saturated heterocycles. The number of nitrogens with one attached hydrogen (secondary N) is 1. The molecule has 5 fully saturated rings. The number of rotatable bonds is 4. The first-order valence-electron chi connectivity index (χ1n) is 10.6. The van der Waals surface area contributed by atoms with Gasteiger partial charge in [-0.2, -0.15) is 0 Å². The second-order valence-corrected chi connectivity index (χ2v) is 9.51. The minimum atomic E-state index is -0.278. The molecule has 2 heterocycles. The number of nitrogens with zero attached hydrogens (tertiary/aromatic N) is 4. The van der Waals surface area contributed by atoms with Crippen LogP contribution in [-0.2, 0) is 0 Å². The Morgan fingerprint density at radius 1 is 1.15 bits per heavy atom. The summed E-state index contributed by atoms with van der Waals surface area (Å²) in [6.45, 7) is 2.97. The van der Waals surface area contributed by atoms with Crippen LogP contribution in [-0.4, -0.2) is 33.0 Å². The van der Waals surface area contributed by atoms with E-state index in [-0.39, 0.29) is 22.2 Å². The molecule has 1 unspecified atom stereocenters. The first-order chi connectivity index (χ1) is 13.0. The number of nitro groups is 1. The highest BCUT2D eigenvalue weighted by Gasteiger charge is 2.51. The van der Waals surface area contributed by atoms with E-state index in [1.807, 2.05) is 0 Å². The summed E-state index contributed by atoms with van der Waals surface area (Å²) in [5, 5.41) is 15.6. The monoisotopic (exact) mass is 371 g/mol. The molecule has 6 rings (SSSR count). The van der Waals surface area contributed by atoms with Crippen LogP contribution in [0.2, 0.25) is 0 Å². The van der Waals surface area contributed by atoms with E-state index in [1.165, 1.54) is 32.0 Å². The summed E-state index contributed by atoms with van der Waals surface area (Å²) in [5.74, 6) is 3.28. The lowest BCUT2D eigenvalue weighted by Gasteiger charge is -2.57. The van der Waals surface area contributed by atoms with Gasteiger partial charge in [0.15, 0.2) is 0 Å². The molecule has 1 atom stereocenters. The summed E-state index contributed by atoms with van der Waals surface area (Å²) in [6.07, 6.45) is 12.3. The summed E-state index contributed by atoms with van der Waals surface area (Å²) >= 11 is 0. The molecule has 7 heteroatoms. The van der Waals surface area contributed by atoms with Crippen LogP contribution in [0.15, 0.2) is 6.33 Å². The predicted octanol–water partition coefficient (Wildman–Crippen LogP) is 4.14. The molecule has 1 aromatic rings. The van der Waals surface area contributed by atoms with Crippen LogP contribution < -0.4 is 10.2 Å². The number of anilines is 2. The standard InChI is InChI=1S/C20H29N5O2/c1-13-4-2-3-5-24(13)19-17(25(26)27)18(21-12-22-19)23-20-9-14-6-15(10-20)8-16(7-14)11-20/h12-16H,2-11H2,1H3,(H,21,22,23). The molecule has 4 saturated carbocycles. The number of piperidine rings is 1. The van der Waals surface area contributed by atoms with Crippen molar-refractivity contribution in [2.24, 2.45) is 17.8 Å². The molecule has 1 aromatic heterocycles. The smallest absolute Gasteiger partial charge is 0.353 e. The van der Waals surface area contributed by atoms with Gasteiger partial charge in [-0.1, -0.05) is 0 Å². The average Bonchev–Trinajstić information content (AvgIpc) is 2.60. The van der Waals surface area contributed by atoms with Gasteiger partial charge in [-0.3, -0.25) is 10.1 Å². The highest BCUT2D eigenvalue weighted by Crippen LogP contribution is 2.57. The Morgan fingerprint density at radius 2 is 1.81 bits per heavy atom. The van der Waals surface area contributed by atoms with E-state index in [9.17, 15) is 10.1 Å². The molecule has 1 aliphatic heterocycles. The van der Waals surface area contributed by atoms with Gasteiger partial charge in [-0.25, -0.2) is 9.97 Å². The second kappa shape index (κ2) is 6.31. The van der Waals surface area contributed by atoms with Crippen LogP contribution in [0.1, 0.15) is 64.7 Å². The molecule has 7 nitrogen and oxygen atoms in total. The Hall–Kier alpha value is -1.92. The lowest BCUT2D eigenvalue weighted by atomic mass is 9.53. The highest BCUT2D eigenvalue weighted by molar-refractivity contribution is 5.71. The van der Waals surface area contributed by atoms with Crippen LogP contribution in [0.25, 0.3) is 0 Å². The van der Waals surface area contributed by atoms with Gasteiger partial charge in [0.25, 0.3) is 0 Å². The third-order valence-electron chi connectivity index (χ3n) is 7.48. The molecule has 4 aliphatic carbocycles. The van der Waals surface area contributed by atoms with Crippen molar-refractivity contribution in [2.75, 3.05) is 16.8 Å². The molecule has 4 bridgehead atoms. The van der Waals surface area contributed by atoms with Crippen LogP contribution in [0.3, 0.4) is 0 Å². The van der Waals surface area contributed by atoms with E-state index in [4.69, 9.17) is 0 Å². The number of hydrogen-bond donors (Lipinski definition) is 1. The molecule has 1 N–H and O–H groups in total. The third kappa shape index (κ3) is 2.95. The summed E-state index contributed by atoms with van der Waals surface area (Å²) in [5.41, 5.74) is 0.0700. The Balaban J connectivity index is 1.49. The maximum absolute atomic E-state index is 12.0. The van der Waals surface area contributed by atoms with Crippen molar-refractivity contribution < 1.29 is 4.92 Å². The molecule has 0 radical (unpaired) electrons. The van der Waals surface area contributed by atoms with Gasteiger partial charge in [0, 0.05) is 18.1 Å². The minimum absolute atomic E-state index is 0.00134. The summed E-state index contributed by atoms with van der Waals surface area (Å²) in [6, 6.07) is 0.278. The lowest BCUT2D eigenvalue weighted by molar-refractivity contribution is -0.383. The fourth-order valence-electron chi connectivity index (χ4n) is 6.77. The largest absolute Gasteiger partial charge is 0.359 e. The Labute approximate surface area is 160 Å². The average molecular weight is 371 g/mol. The zero-order valence-electron chi connectivity index (χ0n) is 16.1. The van der Waals surface area contributed by atoms with Crippen LogP contribution in [0, 0.1) is 27.9 Å². The van der Waals surface area contributed by atoms with E-state index >= 15 is 0 Å². The quantitative estimate of drug-likeness (QED) is 0.632. The molecule has 0 spiro atoms. The van der Waals surface area contributed by atoms with Gasteiger partial charge in [0.1, 0.15) is 6.33 Å². The Morgan fingerprint density at radius 3 is 2.41 bits per heavy atom. The van der Waals surface area contributed by atoms with Crippen molar-refractivity contribution in [3.8, 4) is 0 Å². The maximum atomic E-state index is 12.0. The Bertz CT molecular complexity index is 717. The van der Waals surface area contributed by atoms with Crippen LogP contribution >= 0.6 is 0 Å². The van der Waals surface area contributed by atoms with E-state index < -0.39 is 0 Å². The van der Waals surface area contributed by atoms with Crippen molar-refractivity contribution in [3.63, 3.8) is 0 Å². The Kier molecular flexibility index (Phi) is 4.02. The summed E-state index contributed by atoms with van der Waals surface area (Å²) in [7, 11) is 0. The molecule has 5 aliphatic rings. The van der Waals surface area contributed by atoms with E-state index in [0.717, 1.165) is 56.4 Å². The molecule has 146 valence electrons.